The quantitative estimate of drug-likeness (QED) is 0.189. The molecule has 6 nitrogen and oxygen atoms in total. The Labute approximate surface area is 299 Å². The molecule has 7 aromatic carbocycles. The van der Waals surface area contributed by atoms with Crippen molar-refractivity contribution in [2.45, 2.75) is 0 Å². The summed E-state index contributed by atoms with van der Waals surface area (Å²) in [5, 5.41) is 6.21. The van der Waals surface area contributed by atoms with Crippen LogP contribution < -0.4 is 0 Å². The zero-order valence-corrected chi connectivity index (χ0v) is 27.0. The molecule has 51 heavy (non-hydrogen) atoms. The average molecular weight is 658 g/mol. The molecule has 0 aliphatic carbocycles. The van der Waals surface area contributed by atoms with Crippen LogP contribution in [0.4, 0.5) is 0 Å². The normalized spacial score (nSPS) is 13.3. The lowest BCUT2D eigenvalue weighted by atomic mass is 10.1. The summed E-state index contributed by atoms with van der Waals surface area (Å²) in [5.41, 5.74) is 6.39. The fourth-order valence-electron chi connectivity index (χ4n) is 7.67. The monoisotopic (exact) mass is 657 g/mol. The number of rotatable bonds is 4. The number of aromatic nitrogens is 6. The third kappa shape index (κ3) is 4.07. The molecule has 0 spiro atoms. The van der Waals surface area contributed by atoms with Crippen LogP contribution in [0.15, 0.2) is 170 Å². The van der Waals surface area contributed by atoms with Gasteiger partial charge in [0, 0.05) is 43.6 Å². The van der Waals surface area contributed by atoms with E-state index in [-0.39, 0.29) is 23.3 Å². The maximum absolute atomic E-state index is 8.95. The Kier molecular flexibility index (Phi) is 4.91. The average Bonchev–Trinajstić information content (AvgIpc) is 3.87. The first-order valence-corrected chi connectivity index (χ1v) is 16.7. The van der Waals surface area contributed by atoms with Crippen molar-refractivity contribution in [1.82, 2.24) is 28.7 Å². The lowest BCUT2D eigenvalue weighted by Crippen LogP contribution is -2.10. The summed E-state index contributed by atoms with van der Waals surface area (Å²) in [4.78, 5) is 15.2. The standard InChI is InChI=1S/C45H28N6/c1-3-15-29(16-4-1)43-46-44(50-38-24-12-7-19-31(38)32-20-8-13-25-39(32)50)48-45(47-43)51-40-26-14-10-22-34(40)36-27-35-33-21-9-11-23-37(33)49(41(35)28-42(36)51)30-17-5-2-6-18-30/h1-28H/i1D,3D,4D,15D,16D. The highest BCUT2D eigenvalue weighted by molar-refractivity contribution is 6.19. The third-order valence-corrected chi connectivity index (χ3v) is 9.80. The highest BCUT2D eigenvalue weighted by Gasteiger charge is 2.22. The molecule has 11 rings (SSSR count). The van der Waals surface area contributed by atoms with Gasteiger partial charge in [0.1, 0.15) is 0 Å². The van der Waals surface area contributed by atoms with E-state index in [0.29, 0.717) is 0 Å². The van der Waals surface area contributed by atoms with Gasteiger partial charge in [-0.3, -0.25) is 9.13 Å². The highest BCUT2D eigenvalue weighted by atomic mass is 15.3. The van der Waals surface area contributed by atoms with Crippen molar-refractivity contribution in [3.63, 3.8) is 0 Å². The molecular formula is C45H28N6. The molecule has 0 atom stereocenters. The van der Waals surface area contributed by atoms with E-state index in [1.165, 1.54) is 0 Å². The summed E-state index contributed by atoms with van der Waals surface area (Å²) in [5.74, 6) is 0.459. The van der Waals surface area contributed by atoms with E-state index < -0.39 is 30.2 Å². The fraction of sp³-hybridized carbons (Fsp3) is 0. The van der Waals surface area contributed by atoms with Crippen molar-refractivity contribution in [3.05, 3.63) is 170 Å². The predicted octanol–water partition coefficient (Wildman–Crippen LogP) is 10.8. The molecule has 0 saturated heterocycles. The van der Waals surface area contributed by atoms with Crippen molar-refractivity contribution in [2.75, 3.05) is 0 Å². The Morgan fingerprint density at radius 1 is 0.373 bits per heavy atom. The minimum Gasteiger partial charge on any atom is -0.309 e. The lowest BCUT2D eigenvalue weighted by molar-refractivity contribution is 0.893. The SMILES string of the molecule is [2H]c1c([2H])c([2H])c(-c2nc(-n3c4ccccc4c4ccccc43)nc(-n3c4ccccc4c4cc5c6ccccc6n(-c6ccccc6)c5cc43)n2)c([2H])c1[2H]. The van der Waals surface area contributed by atoms with E-state index in [0.717, 1.165) is 71.1 Å². The molecule has 11 aromatic rings. The van der Waals surface area contributed by atoms with E-state index in [2.05, 4.69) is 71.3 Å². The molecule has 0 bridgehead atoms. The van der Waals surface area contributed by atoms with Gasteiger partial charge in [-0.1, -0.05) is 121 Å². The molecule has 4 aromatic heterocycles. The van der Waals surface area contributed by atoms with Gasteiger partial charge in [-0.2, -0.15) is 15.0 Å². The molecular weight excluding hydrogens is 625 g/mol. The van der Waals surface area contributed by atoms with Crippen LogP contribution in [0.2, 0.25) is 0 Å². The first-order chi connectivity index (χ1) is 27.4. The van der Waals surface area contributed by atoms with Gasteiger partial charge >= 0.3 is 0 Å². The summed E-state index contributed by atoms with van der Waals surface area (Å²) < 4.78 is 49.5. The molecule has 0 aliphatic rings. The molecule has 0 fully saturated rings. The summed E-state index contributed by atoms with van der Waals surface area (Å²) in [6, 6.07) is 45.0. The Balaban J connectivity index is 1.30. The van der Waals surface area contributed by atoms with Crippen LogP contribution in [0, 0.1) is 0 Å². The molecule has 0 unspecified atom stereocenters. The predicted molar refractivity (Wildman–Crippen MR) is 208 cm³/mol. The molecule has 6 heteroatoms. The summed E-state index contributed by atoms with van der Waals surface area (Å²) >= 11 is 0. The topological polar surface area (TPSA) is 53.5 Å². The van der Waals surface area contributed by atoms with E-state index in [1.807, 2.05) is 81.9 Å². The van der Waals surface area contributed by atoms with E-state index >= 15 is 0 Å². The smallest absolute Gasteiger partial charge is 0.240 e. The van der Waals surface area contributed by atoms with Crippen molar-refractivity contribution in [2.24, 2.45) is 0 Å². The Morgan fingerprint density at radius 2 is 0.804 bits per heavy atom. The summed E-state index contributed by atoms with van der Waals surface area (Å²) in [6.45, 7) is 0. The number of hydrogen-bond acceptors (Lipinski definition) is 3. The molecule has 238 valence electrons. The van der Waals surface area contributed by atoms with Crippen molar-refractivity contribution < 1.29 is 6.85 Å². The molecule has 0 amide bonds. The van der Waals surface area contributed by atoms with E-state index in [4.69, 9.17) is 21.8 Å². The van der Waals surface area contributed by atoms with Gasteiger partial charge in [0.2, 0.25) is 11.9 Å². The van der Waals surface area contributed by atoms with Gasteiger partial charge in [-0.25, -0.2) is 0 Å². The van der Waals surface area contributed by atoms with Gasteiger partial charge in [-0.15, -0.1) is 0 Å². The molecule has 0 saturated carbocycles. The number of hydrogen-bond donors (Lipinski definition) is 0. The number of para-hydroxylation sites is 5. The van der Waals surface area contributed by atoms with Gasteiger partial charge in [0.05, 0.1) is 40.0 Å². The van der Waals surface area contributed by atoms with Crippen LogP contribution in [-0.4, -0.2) is 28.7 Å². The van der Waals surface area contributed by atoms with Crippen molar-refractivity contribution in [1.29, 1.82) is 0 Å². The number of fused-ring (bicyclic) bond motifs is 9. The molecule has 0 radical (unpaired) electrons. The van der Waals surface area contributed by atoms with Crippen molar-refractivity contribution >= 4 is 65.4 Å². The third-order valence-electron chi connectivity index (χ3n) is 9.80. The van der Waals surface area contributed by atoms with Crippen LogP contribution in [0.25, 0.3) is 94.4 Å². The zero-order valence-electron chi connectivity index (χ0n) is 32.0. The van der Waals surface area contributed by atoms with Crippen molar-refractivity contribution in [3.8, 4) is 29.0 Å². The second-order valence-corrected chi connectivity index (χ2v) is 12.6. The van der Waals surface area contributed by atoms with Crippen LogP contribution in [-0.2, 0) is 0 Å². The maximum atomic E-state index is 8.95. The first kappa shape index (κ1) is 23.3. The van der Waals surface area contributed by atoms with Crippen LogP contribution in [0.5, 0.6) is 0 Å². The number of nitrogens with zero attached hydrogens (tertiary/aromatic N) is 6. The minimum absolute atomic E-state index is 0.0331. The second kappa shape index (κ2) is 10.7. The van der Waals surface area contributed by atoms with Crippen LogP contribution in [0.1, 0.15) is 6.85 Å². The maximum Gasteiger partial charge on any atom is 0.240 e. The van der Waals surface area contributed by atoms with Gasteiger partial charge < -0.3 is 4.57 Å². The van der Waals surface area contributed by atoms with Gasteiger partial charge in [-0.05, 0) is 48.5 Å². The minimum atomic E-state index is -0.485. The van der Waals surface area contributed by atoms with Gasteiger partial charge in [0.15, 0.2) is 5.82 Å². The molecule has 0 N–H and O–H groups in total. The van der Waals surface area contributed by atoms with E-state index in [1.54, 1.807) is 0 Å². The summed E-state index contributed by atoms with van der Waals surface area (Å²) in [6.07, 6.45) is 0. The molecule has 4 heterocycles. The van der Waals surface area contributed by atoms with E-state index in [9.17, 15) is 0 Å². The highest BCUT2D eigenvalue weighted by Crippen LogP contribution is 2.40. The van der Waals surface area contributed by atoms with Crippen LogP contribution in [0.3, 0.4) is 0 Å². The van der Waals surface area contributed by atoms with Crippen LogP contribution >= 0.6 is 0 Å². The number of benzene rings is 7. The second-order valence-electron chi connectivity index (χ2n) is 12.6. The Morgan fingerprint density at radius 3 is 1.35 bits per heavy atom. The fourth-order valence-corrected chi connectivity index (χ4v) is 7.67. The zero-order chi connectivity index (χ0) is 37.8. The first-order valence-electron chi connectivity index (χ1n) is 19.2. The lowest BCUT2D eigenvalue weighted by Gasteiger charge is -2.13. The summed E-state index contributed by atoms with van der Waals surface area (Å²) in [7, 11) is 0. The molecule has 0 aliphatic heterocycles. The Bertz CT molecular complexity index is 3360. The Hall–Kier alpha value is -7.05. The largest absolute Gasteiger partial charge is 0.309 e. The van der Waals surface area contributed by atoms with Gasteiger partial charge in [0.25, 0.3) is 0 Å².